The van der Waals surface area contributed by atoms with Crippen molar-refractivity contribution in [2.75, 3.05) is 0 Å². The van der Waals surface area contributed by atoms with E-state index in [1.807, 2.05) is 0 Å². The molecule has 2 nitrogen and oxygen atoms in total. The summed E-state index contributed by atoms with van der Waals surface area (Å²) in [6, 6.07) is 0.774. The number of allylic oxidation sites excluding steroid dienone is 1. The van der Waals surface area contributed by atoms with Gasteiger partial charge in [0.05, 0.1) is 11.1 Å². The Labute approximate surface area is 84.4 Å². The van der Waals surface area contributed by atoms with Crippen molar-refractivity contribution in [3.8, 4) is 0 Å². The lowest BCUT2D eigenvalue weighted by atomic mass is 10.0. The Balaban J connectivity index is 3.31. The first-order valence-electron chi connectivity index (χ1n) is 4.05. The van der Waals surface area contributed by atoms with Gasteiger partial charge in [-0.1, -0.05) is 6.58 Å². The van der Waals surface area contributed by atoms with E-state index >= 15 is 0 Å². The zero-order valence-corrected chi connectivity index (χ0v) is 7.93. The predicted molar refractivity (Wildman–Crippen MR) is 48.4 cm³/mol. The van der Waals surface area contributed by atoms with Crippen molar-refractivity contribution in [1.82, 2.24) is 4.98 Å². The SMILES string of the molecule is C=C(C)C(=O)c1cnccc1C(F)(F)F. The molecule has 1 aromatic heterocycles. The summed E-state index contributed by atoms with van der Waals surface area (Å²) in [5, 5.41) is 0. The number of hydrogen-bond acceptors (Lipinski definition) is 2. The van der Waals surface area contributed by atoms with Crippen LogP contribution in [0.25, 0.3) is 0 Å². The van der Waals surface area contributed by atoms with Gasteiger partial charge in [-0.05, 0) is 18.6 Å². The fourth-order valence-corrected chi connectivity index (χ4v) is 1.05. The summed E-state index contributed by atoms with van der Waals surface area (Å²) in [6.45, 7) is 4.67. The minimum Gasteiger partial charge on any atom is -0.289 e. The molecule has 5 heteroatoms. The van der Waals surface area contributed by atoms with Crippen molar-refractivity contribution in [3.63, 3.8) is 0 Å². The van der Waals surface area contributed by atoms with Crippen molar-refractivity contribution in [2.24, 2.45) is 0 Å². The minimum atomic E-state index is -4.55. The third-order valence-corrected chi connectivity index (χ3v) is 1.76. The highest BCUT2D eigenvalue weighted by atomic mass is 19.4. The maximum absolute atomic E-state index is 12.5. The number of carbonyl (C=O) groups is 1. The number of carbonyl (C=O) groups excluding carboxylic acids is 1. The zero-order valence-electron chi connectivity index (χ0n) is 7.93. The van der Waals surface area contributed by atoms with Gasteiger partial charge in [-0.2, -0.15) is 13.2 Å². The summed E-state index contributed by atoms with van der Waals surface area (Å²) in [7, 11) is 0. The van der Waals surface area contributed by atoms with Crippen molar-refractivity contribution >= 4 is 5.78 Å². The van der Waals surface area contributed by atoms with E-state index in [1.54, 1.807) is 0 Å². The zero-order chi connectivity index (χ0) is 11.6. The van der Waals surface area contributed by atoms with Crippen LogP contribution in [0.1, 0.15) is 22.8 Å². The molecule has 0 saturated carbocycles. The van der Waals surface area contributed by atoms with Gasteiger partial charge in [-0.25, -0.2) is 0 Å². The molecular formula is C10H8F3NO. The summed E-state index contributed by atoms with van der Waals surface area (Å²) in [4.78, 5) is 14.9. The number of hydrogen-bond donors (Lipinski definition) is 0. The van der Waals surface area contributed by atoms with Crippen LogP contribution in [0.2, 0.25) is 0 Å². The molecule has 80 valence electrons. The predicted octanol–water partition coefficient (Wildman–Crippen LogP) is 2.86. The van der Waals surface area contributed by atoms with Crippen LogP contribution in [0, 0.1) is 0 Å². The summed E-state index contributed by atoms with van der Waals surface area (Å²) in [5.74, 6) is -0.740. The quantitative estimate of drug-likeness (QED) is 0.560. The molecular weight excluding hydrogens is 207 g/mol. The lowest BCUT2D eigenvalue weighted by molar-refractivity contribution is -0.137. The number of Topliss-reactive ketones (excluding diaryl/α,β-unsaturated/α-hetero) is 1. The molecule has 15 heavy (non-hydrogen) atoms. The second-order valence-electron chi connectivity index (χ2n) is 3.03. The highest BCUT2D eigenvalue weighted by Crippen LogP contribution is 2.32. The highest BCUT2D eigenvalue weighted by Gasteiger charge is 2.35. The first kappa shape index (κ1) is 11.4. The maximum atomic E-state index is 12.5. The first-order valence-corrected chi connectivity index (χ1v) is 4.05. The Bertz CT molecular complexity index is 409. The van der Waals surface area contributed by atoms with E-state index in [4.69, 9.17) is 0 Å². The first-order chi connectivity index (χ1) is 6.84. The number of halogens is 3. The number of pyridine rings is 1. The molecule has 0 fully saturated rings. The van der Waals surface area contributed by atoms with Gasteiger partial charge in [0.15, 0.2) is 5.78 Å². The minimum absolute atomic E-state index is 0.0495. The number of aromatic nitrogens is 1. The standard InChI is InChI=1S/C10H8F3NO/c1-6(2)9(15)7-5-14-4-3-8(7)10(11,12)13/h3-5H,1H2,2H3. The molecule has 0 atom stereocenters. The number of nitrogens with zero attached hydrogens (tertiary/aromatic N) is 1. The molecule has 0 saturated heterocycles. The summed E-state index contributed by atoms with van der Waals surface area (Å²) in [5.41, 5.74) is -1.39. The molecule has 0 aliphatic heterocycles. The number of alkyl halides is 3. The molecule has 0 N–H and O–H groups in total. The summed E-state index contributed by atoms with van der Waals surface area (Å²) in [6.07, 6.45) is -2.65. The van der Waals surface area contributed by atoms with Crippen molar-refractivity contribution in [2.45, 2.75) is 13.1 Å². The van der Waals surface area contributed by atoms with E-state index in [9.17, 15) is 18.0 Å². The van der Waals surface area contributed by atoms with Crippen LogP contribution in [-0.4, -0.2) is 10.8 Å². The second-order valence-corrected chi connectivity index (χ2v) is 3.03. The van der Waals surface area contributed by atoms with Gasteiger partial charge >= 0.3 is 6.18 Å². The van der Waals surface area contributed by atoms with E-state index in [-0.39, 0.29) is 5.57 Å². The molecule has 1 aromatic rings. The molecule has 1 heterocycles. The van der Waals surface area contributed by atoms with Gasteiger partial charge < -0.3 is 0 Å². The Kier molecular flexibility index (Phi) is 2.93. The number of ketones is 1. The monoisotopic (exact) mass is 215 g/mol. The lowest BCUT2D eigenvalue weighted by Gasteiger charge is -2.10. The summed E-state index contributed by atoms with van der Waals surface area (Å²) >= 11 is 0. The van der Waals surface area contributed by atoms with Crippen LogP contribution in [0.4, 0.5) is 13.2 Å². The van der Waals surface area contributed by atoms with Gasteiger partial charge in [0.25, 0.3) is 0 Å². The molecule has 0 aliphatic rings. The Hall–Kier alpha value is -1.65. The van der Waals surface area contributed by atoms with E-state index in [2.05, 4.69) is 11.6 Å². The number of rotatable bonds is 2. The Morgan fingerprint density at radius 3 is 2.53 bits per heavy atom. The van der Waals surface area contributed by atoms with Crippen LogP contribution in [0.5, 0.6) is 0 Å². The van der Waals surface area contributed by atoms with Crippen LogP contribution in [0.15, 0.2) is 30.6 Å². The largest absolute Gasteiger partial charge is 0.417 e. The Morgan fingerprint density at radius 2 is 2.07 bits per heavy atom. The molecule has 0 radical (unpaired) electrons. The van der Waals surface area contributed by atoms with E-state index in [0.717, 1.165) is 18.5 Å². The smallest absolute Gasteiger partial charge is 0.289 e. The van der Waals surface area contributed by atoms with E-state index in [1.165, 1.54) is 6.92 Å². The fraction of sp³-hybridized carbons (Fsp3) is 0.200. The molecule has 0 aromatic carbocycles. The van der Waals surface area contributed by atoms with Crippen molar-refractivity contribution in [1.29, 1.82) is 0 Å². The van der Waals surface area contributed by atoms with Crippen molar-refractivity contribution in [3.05, 3.63) is 41.7 Å². The van der Waals surface area contributed by atoms with Gasteiger partial charge in [0.2, 0.25) is 0 Å². The maximum Gasteiger partial charge on any atom is 0.417 e. The van der Waals surface area contributed by atoms with E-state index < -0.39 is 23.1 Å². The molecule has 0 unspecified atom stereocenters. The molecule has 1 rings (SSSR count). The average Bonchev–Trinajstić information content (AvgIpc) is 2.15. The average molecular weight is 215 g/mol. The van der Waals surface area contributed by atoms with Crippen LogP contribution in [0.3, 0.4) is 0 Å². The van der Waals surface area contributed by atoms with Gasteiger partial charge in [-0.15, -0.1) is 0 Å². The normalized spacial score (nSPS) is 11.2. The van der Waals surface area contributed by atoms with Crippen LogP contribution in [-0.2, 0) is 6.18 Å². The lowest BCUT2D eigenvalue weighted by Crippen LogP contribution is -2.13. The van der Waals surface area contributed by atoms with Gasteiger partial charge in [-0.3, -0.25) is 9.78 Å². The van der Waals surface area contributed by atoms with Gasteiger partial charge in [0, 0.05) is 12.4 Å². The molecule has 0 aliphatic carbocycles. The Morgan fingerprint density at radius 1 is 1.47 bits per heavy atom. The third-order valence-electron chi connectivity index (χ3n) is 1.76. The summed E-state index contributed by atoms with van der Waals surface area (Å²) < 4.78 is 37.4. The van der Waals surface area contributed by atoms with Crippen LogP contribution < -0.4 is 0 Å². The fourth-order valence-electron chi connectivity index (χ4n) is 1.05. The van der Waals surface area contributed by atoms with Gasteiger partial charge in [0.1, 0.15) is 0 Å². The highest BCUT2D eigenvalue weighted by molar-refractivity contribution is 6.08. The molecule has 0 amide bonds. The topological polar surface area (TPSA) is 30.0 Å². The van der Waals surface area contributed by atoms with Crippen LogP contribution >= 0.6 is 0 Å². The second kappa shape index (κ2) is 3.84. The third kappa shape index (κ3) is 2.43. The van der Waals surface area contributed by atoms with Crippen molar-refractivity contribution < 1.29 is 18.0 Å². The molecule has 0 bridgehead atoms. The van der Waals surface area contributed by atoms with E-state index in [0.29, 0.717) is 0 Å². The molecule has 0 spiro atoms.